The Morgan fingerprint density at radius 3 is 2.90 bits per heavy atom. The molecule has 0 spiro atoms. The minimum Gasteiger partial charge on any atom is -0.457 e. The molecule has 0 radical (unpaired) electrons. The van der Waals surface area contributed by atoms with Gasteiger partial charge in [-0.05, 0) is 56.7 Å². The third kappa shape index (κ3) is 4.52. The number of rotatable bonds is 6. The molecular weight excluding hydrogens is 499 g/mol. The van der Waals surface area contributed by atoms with Gasteiger partial charge in [0.05, 0.1) is 11.2 Å². The van der Waals surface area contributed by atoms with Crippen LogP contribution < -0.4 is 10.1 Å². The van der Waals surface area contributed by atoms with Gasteiger partial charge >= 0.3 is 0 Å². The minimum atomic E-state index is -0.470. The number of hydrogen-bond acceptors (Lipinski definition) is 8. The lowest BCUT2D eigenvalue weighted by atomic mass is 10.0. The summed E-state index contributed by atoms with van der Waals surface area (Å²) in [4.78, 5) is 31.7. The molecule has 4 aromatic heterocycles. The molecule has 0 bridgehead atoms. The Kier molecular flexibility index (Phi) is 6.10. The van der Waals surface area contributed by atoms with Gasteiger partial charge in [-0.25, -0.2) is 28.8 Å². The van der Waals surface area contributed by atoms with Crippen molar-refractivity contribution in [3.8, 4) is 11.5 Å². The van der Waals surface area contributed by atoms with Gasteiger partial charge in [-0.1, -0.05) is 6.58 Å². The van der Waals surface area contributed by atoms with Crippen LogP contribution in [-0.2, 0) is 4.79 Å². The number of halogens is 1. The lowest BCUT2D eigenvalue weighted by Gasteiger charge is -2.19. The summed E-state index contributed by atoms with van der Waals surface area (Å²) in [6, 6.07) is 10.6. The molecule has 1 N–H and O–H groups in total. The highest BCUT2D eigenvalue weighted by Crippen LogP contribution is 2.35. The number of likely N-dealkylation sites (tertiary alicyclic amines) is 1. The van der Waals surface area contributed by atoms with Crippen LogP contribution in [0, 0.1) is 12.7 Å². The molecule has 1 aromatic carbocycles. The van der Waals surface area contributed by atoms with Gasteiger partial charge in [0.25, 0.3) is 0 Å². The van der Waals surface area contributed by atoms with Crippen LogP contribution in [0.4, 0.5) is 15.9 Å². The molecule has 6 rings (SSSR count). The van der Waals surface area contributed by atoms with Crippen molar-refractivity contribution in [2.75, 3.05) is 11.9 Å². The molecule has 1 fully saturated rings. The van der Waals surface area contributed by atoms with Crippen molar-refractivity contribution in [2.24, 2.45) is 0 Å². The summed E-state index contributed by atoms with van der Waals surface area (Å²) in [6.07, 6.45) is 6.71. The van der Waals surface area contributed by atoms with Crippen molar-refractivity contribution in [2.45, 2.75) is 32.2 Å². The van der Waals surface area contributed by atoms with Gasteiger partial charge in [0.15, 0.2) is 17.3 Å². The van der Waals surface area contributed by atoms with E-state index in [4.69, 9.17) is 9.72 Å². The normalized spacial score (nSPS) is 17.1. The minimum absolute atomic E-state index is 0.0637. The second-order valence-electron chi connectivity index (χ2n) is 9.51. The largest absolute Gasteiger partial charge is 0.457 e. The van der Waals surface area contributed by atoms with Crippen molar-refractivity contribution < 1.29 is 13.9 Å². The molecule has 1 amide bonds. The summed E-state index contributed by atoms with van der Waals surface area (Å²) < 4.78 is 23.0. The first-order chi connectivity index (χ1) is 18.9. The van der Waals surface area contributed by atoms with Crippen molar-refractivity contribution in [1.29, 1.82) is 0 Å². The molecule has 11 heteroatoms. The predicted octanol–water partition coefficient (Wildman–Crippen LogP) is 4.94. The SMILES string of the molecule is C=CC(=O)N1CC(c2ccc3ncnc(Nc4ccc(Oc5ccn6ncnc6c5)c(C)c4F)c3n2)C[C@H]1C. The number of carbonyl (C=O) groups excluding carboxylic acids is 1. The Morgan fingerprint density at radius 1 is 1.18 bits per heavy atom. The highest BCUT2D eigenvalue weighted by Gasteiger charge is 2.33. The maximum Gasteiger partial charge on any atom is 0.246 e. The highest BCUT2D eigenvalue weighted by atomic mass is 19.1. The van der Waals surface area contributed by atoms with E-state index in [1.165, 1.54) is 18.7 Å². The fourth-order valence-corrected chi connectivity index (χ4v) is 4.93. The van der Waals surface area contributed by atoms with E-state index < -0.39 is 5.82 Å². The predicted molar refractivity (Wildman–Crippen MR) is 144 cm³/mol. The summed E-state index contributed by atoms with van der Waals surface area (Å²) in [5, 5.41) is 7.15. The standard InChI is InChI=1S/C28H25FN8O2/c1-4-25(38)36-13-18(11-16(36)2)20-5-6-22-27(34-20)28(32-14-30-22)35-21-7-8-23(17(3)26(21)29)39-19-9-10-37-24(12-19)31-15-33-37/h4-10,12,14-16,18H,1,11,13H2,2-3H3,(H,30,32,35)/t16-,18?/m1/s1. The van der Waals surface area contributed by atoms with E-state index in [-0.39, 0.29) is 23.6 Å². The summed E-state index contributed by atoms with van der Waals surface area (Å²) in [5.74, 6) is 0.788. The molecule has 1 aliphatic rings. The average molecular weight is 525 g/mol. The molecule has 5 aromatic rings. The Morgan fingerprint density at radius 2 is 2.05 bits per heavy atom. The number of carbonyl (C=O) groups is 1. The number of amides is 1. The van der Waals surface area contributed by atoms with Gasteiger partial charge in [-0.2, -0.15) is 5.10 Å². The van der Waals surface area contributed by atoms with Crippen LogP contribution in [0.1, 0.15) is 30.5 Å². The summed E-state index contributed by atoms with van der Waals surface area (Å²) in [5.41, 5.74) is 3.17. The molecular formula is C28H25FN8O2. The van der Waals surface area contributed by atoms with E-state index in [0.29, 0.717) is 46.1 Å². The van der Waals surface area contributed by atoms with Crippen molar-refractivity contribution in [3.63, 3.8) is 0 Å². The highest BCUT2D eigenvalue weighted by molar-refractivity contribution is 5.88. The van der Waals surface area contributed by atoms with Gasteiger partial charge < -0.3 is 15.0 Å². The summed E-state index contributed by atoms with van der Waals surface area (Å²) in [6.45, 7) is 7.83. The Hall–Kier alpha value is -4.93. The molecule has 0 saturated carbocycles. The van der Waals surface area contributed by atoms with Crippen LogP contribution in [0.3, 0.4) is 0 Å². The van der Waals surface area contributed by atoms with Crippen molar-refractivity contribution in [1.82, 2.24) is 34.4 Å². The zero-order valence-electron chi connectivity index (χ0n) is 21.4. The quantitative estimate of drug-likeness (QED) is 0.311. The third-order valence-corrected chi connectivity index (χ3v) is 7.02. The topological polar surface area (TPSA) is 110 Å². The van der Waals surface area contributed by atoms with Gasteiger partial charge in [0, 0.05) is 42.0 Å². The number of benzene rings is 1. The maximum atomic E-state index is 15.5. The lowest BCUT2D eigenvalue weighted by Crippen LogP contribution is -2.32. The number of anilines is 2. The number of nitrogens with zero attached hydrogens (tertiary/aromatic N) is 7. The fraction of sp³-hybridized carbons (Fsp3) is 0.214. The second-order valence-corrected chi connectivity index (χ2v) is 9.51. The molecule has 2 atom stereocenters. The van der Waals surface area contributed by atoms with Gasteiger partial charge in [-0.15, -0.1) is 0 Å². The zero-order chi connectivity index (χ0) is 27.1. The molecule has 39 heavy (non-hydrogen) atoms. The molecule has 1 saturated heterocycles. The average Bonchev–Trinajstić information content (AvgIpc) is 3.58. The van der Waals surface area contributed by atoms with E-state index in [2.05, 4.69) is 31.9 Å². The number of pyridine rings is 2. The molecule has 196 valence electrons. The van der Waals surface area contributed by atoms with Crippen LogP contribution >= 0.6 is 0 Å². The number of nitrogens with one attached hydrogen (secondary N) is 1. The molecule has 1 aliphatic heterocycles. The first kappa shape index (κ1) is 24.4. The zero-order valence-corrected chi connectivity index (χ0v) is 21.4. The maximum absolute atomic E-state index is 15.5. The second kappa shape index (κ2) is 9.75. The van der Waals surface area contributed by atoms with Crippen LogP contribution in [0.5, 0.6) is 11.5 Å². The smallest absolute Gasteiger partial charge is 0.246 e. The third-order valence-electron chi connectivity index (χ3n) is 7.02. The van der Waals surface area contributed by atoms with E-state index in [1.807, 2.05) is 19.1 Å². The number of fused-ring (bicyclic) bond motifs is 2. The molecule has 0 aliphatic carbocycles. The lowest BCUT2D eigenvalue weighted by molar-refractivity contribution is -0.126. The fourth-order valence-electron chi connectivity index (χ4n) is 4.93. The van der Waals surface area contributed by atoms with Crippen molar-refractivity contribution >= 4 is 34.1 Å². The first-order valence-corrected chi connectivity index (χ1v) is 12.5. The molecule has 10 nitrogen and oxygen atoms in total. The van der Waals surface area contributed by atoms with E-state index in [9.17, 15) is 4.79 Å². The molecule has 5 heterocycles. The summed E-state index contributed by atoms with van der Waals surface area (Å²) in [7, 11) is 0. The van der Waals surface area contributed by atoms with Crippen molar-refractivity contribution in [3.05, 3.63) is 85.0 Å². The number of ether oxygens (including phenoxy) is 1. The van der Waals surface area contributed by atoms with E-state index in [0.717, 1.165) is 12.1 Å². The molecule has 1 unspecified atom stereocenters. The monoisotopic (exact) mass is 524 g/mol. The van der Waals surface area contributed by atoms with Gasteiger partial charge in [0.1, 0.15) is 29.7 Å². The van der Waals surface area contributed by atoms with Crippen LogP contribution in [0.25, 0.3) is 16.7 Å². The Bertz CT molecular complexity index is 1740. The van der Waals surface area contributed by atoms with Gasteiger partial charge in [-0.3, -0.25) is 4.79 Å². The Labute approximate surface area is 223 Å². The number of hydrogen-bond donors (Lipinski definition) is 1. The van der Waals surface area contributed by atoms with Crippen LogP contribution in [-0.4, -0.2) is 52.9 Å². The van der Waals surface area contributed by atoms with Gasteiger partial charge in [0.2, 0.25) is 5.91 Å². The van der Waals surface area contributed by atoms with E-state index >= 15 is 4.39 Å². The number of aromatic nitrogens is 6. The first-order valence-electron chi connectivity index (χ1n) is 12.5. The van der Waals surface area contributed by atoms with Crippen LogP contribution in [0.2, 0.25) is 0 Å². The van der Waals surface area contributed by atoms with E-state index in [1.54, 1.807) is 46.8 Å². The van der Waals surface area contributed by atoms with Crippen LogP contribution in [0.15, 0.2) is 67.9 Å². The summed E-state index contributed by atoms with van der Waals surface area (Å²) >= 11 is 0. The Balaban J connectivity index is 1.27.